The van der Waals surface area contributed by atoms with Crippen LogP contribution in [0.15, 0.2) is 22.5 Å². The number of thiophene rings is 1. The number of hydrogen-bond donors (Lipinski definition) is 2. The first kappa shape index (κ1) is 22.1. The zero-order valence-corrected chi connectivity index (χ0v) is 17.1. The molecule has 0 aliphatic rings. The second-order valence-corrected chi connectivity index (χ2v) is 5.87. The molecule has 1 heterocycles. The van der Waals surface area contributed by atoms with Crippen molar-refractivity contribution in [2.45, 2.75) is 13.3 Å². The van der Waals surface area contributed by atoms with Gasteiger partial charge in [0.05, 0.1) is 6.61 Å². The monoisotopic (exact) mass is 454 g/mol. The summed E-state index contributed by atoms with van der Waals surface area (Å²) in [6, 6.07) is 4.16. The van der Waals surface area contributed by atoms with Crippen LogP contribution in [-0.2, 0) is 16.0 Å². The SMILES string of the molecule is CCOCCNC(=NCC(=O)N(C)C)NCCc1cccs1.I. The Morgan fingerprint density at radius 2 is 2.09 bits per heavy atom. The van der Waals surface area contributed by atoms with Gasteiger partial charge in [-0.05, 0) is 24.8 Å². The summed E-state index contributed by atoms with van der Waals surface area (Å²) in [5.74, 6) is 0.621. The van der Waals surface area contributed by atoms with Gasteiger partial charge in [-0.3, -0.25) is 4.79 Å². The van der Waals surface area contributed by atoms with Crippen molar-refractivity contribution in [1.82, 2.24) is 15.5 Å². The van der Waals surface area contributed by atoms with E-state index in [2.05, 4.69) is 27.1 Å². The number of aliphatic imine (C=N–C) groups is 1. The van der Waals surface area contributed by atoms with Crippen molar-refractivity contribution < 1.29 is 9.53 Å². The molecule has 0 bridgehead atoms. The van der Waals surface area contributed by atoms with E-state index < -0.39 is 0 Å². The second kappa shape index (κ2) is 13.6. The third kappa shape index (κ3) is 10.5. The van der Waals surface area contributed by atoms with Crippen LogP contribution < -0.4 is 10.6 Å². The fourth-order valence-electron chi connectivity index (χ4n) is 1.61. The normalized spacial score (nSPS) is 10.8. The minimum atomic E-state index is -0.0239. The van der Waals surface area contributed by atoms with E-state index in [1.54, 1.807) is 25.4 Å². The smallest absolute Gasteiger partial charge is 0.243 e. The van der Waals surface area contributed by atoms with E-state index in [1.165, 1.54) is 9.78 Å². The quantitative estimate of drug-likeness (QED) is 0.257. The highest BCUT2D eigenvalue weighted by atomic mass is 127. The van der Waals surface area contributed by atoms with Crippen LogP contribution in [0.5, 0.6) is 0 Å². The Morgan fingerprint density at radius 3 is 2.70 bits per heavy atom. The van der Waals surface area contributed by atoms with Crippen molar-refractivity contribution in [3.05, 3.63) is 22.4 Å². The zero-order valence-electron chi connectivity index (χ0n) is 14.0. The fourth-order valence-corrected chi connectivity index (χ4v) is 2.32. The number of nitrogens with one attached hydrogen (secondary N) is 2. The minimum Gasteiger partial charge on any atom is -0.380 e. The molecule has 23 heavy (non-hydrogen) atoms. The summed E-state index contributed by atoms with van der Waals surface area (Å²) >= 11 is 1.74. The molecule has 0 unspecified atom stereocenters. The Labute approximate surface area is 159 Å². The molecule has 1 rings (SSSR count). The summed E-state index contributed by atoms with van der Waals surface area (Å²) in [7, 11) is 3.45. The van der Waals surface area contributed by atoms with Crippen molar-refractivity contribution in [2.75, 3.05) is 46.9 Å². The van der Waals surface area contributed by atoms with Gasteiger partial charge in [0.15, 0.2) is 5.96 Å². The van der Waals surface area contributed by atoms with Gasteiger partial charge in [0.1, 0.15) is 6.54 Å². The number of amides is 1. The van der Waals surface area contributed by atoms with Crippen LogP contribution in [0.25, 0.3) is 0 Å². The predicted octanol–water partition coefficient (Wildman–Crippen LogP) is 1.57. The van der Waals surface area contributed by atoms with Gasteiger partial charge < -0.3 is 20.3 Å². The van der Waals surface area contributed by atoms with Gasteiger partial charge in [-0.2, -0.15) is 0 Å². The third-order valence-electron chi connectivity index (χ3n) is 2.86. The largest absolute Gasteiger partial charge is 0.380 e. The van der Waals surface area contributed by atoms with Crippen LogP contribution in [0.4, 0.5) is 0 Å². The van der Waals surface area contributed by atoms with Crippen molar-refractivity contribution in [3.8, 4) is 0 Å². The number of likely N-dealkylation sites (N-methyl/N-ethyl adjacent to an activating group) is 1. The molecule has 0 radical (unpaired) electrons. The van der Waals surface area contributed by atoms with Gasteiger partial charge in [0.25, 0.3) is 0 Å². The number of ether oxygens (including phenoxy) is 1. The number of hydrogen-bond acceptors (Lipinski definition) is 4. The number of carbonyl (C=O) groups excluding carboxylic acids is 1. The molecule has 0 spiro atoms. The highest BCUT2D eigenvalue weighted by Crippen LogP contribution is 2.07. The Hall–Kier alpha value is -0.870. The molecule has 2 N–H and O–H groups in total. The lowest BCUT2D eigenvalue weighted by atomic mass is 10.3. The minimum absolute atomic E-state index is 0. The van der Waals surface area contributed by atoms with Gasteiger partial charge in [-0.1, -0.05) is 6.07 Å². The second-order valence-electron chi connectivity index (χ2n) is 4.83. The molecular weight excluding hydrogens is 427 g/mol. The summed E-state index contributed by atoms with van der Waals surface area (Å²) < 4.78 is 5.29. The molecule has 1 aromatic heterocycles. The Bertz CT molecular complexity index is 452. The molecular formula is C15H27IN4O2S. The highest BCUT2D eigenvalue weighted by Gasteiger charge is 2.04. The van der Waals surface area contributed by atoms with Crippen LogP contribution in [0.2, 0.25) is 0 Å². The van der Waals surface area contributed by atoms with E-state index in [9.17, 15) is 4.79 Å². The van der Waals surface area contributed by atoms with E-state index in [4.69, 9.17) is 4.74 Å². The maximum atomic E-state index is 11.6. The molecule has 0 saturated carbocycles. The molecule has 1 aromatic rings. The molecule has 0 aliphatic heterocycles. The summed E-state index contributed by atoms with van der Waals surface area (Å²) in [5.41, 5.74) is 0. The van der Waals surface area contributed by atoms with E-state index in [-0.39, 0.29) is 36.4 Å². The van der Waals surface area contributed by atoms with Crippen LogP contribution in [0.3, 0.4) is 0 Å². The van der Waals surface area contributed by atoms with Gasteiger partial charge in [0, 0.05) is 38.7 Å². The van der Waals surface area contributed by atoms with Crippen molar-refractivity contribution in [1.29, 1.82) is 0 Å². The Balaban J connectivity index is 0.00000484. The molecule has 0 aromatic carbocycles. The fraction of sp³-hybridized carbons (Fsp3) is 0.600. The number of halogens is 1. The van der Waals surface area contributed by atoms with Crippen LogP contribution >= 0.6 is 35.3 Å². The highest BCUT2D eigenvalue weighted by molar-refractivity contribution is 14.0. The van der Waals surface area contributed by atoms with E-state index in [0.717, 1.165) is 13.0 Å². The predicted molar refractivity (Wildman–Crippen MR) is 107 cm³/mol. The van der Waals surface area contributed by atoms with E-state index >= 15 is 0 Å². The molecule has 0 atom stereocenters. The molecule has 0 saturated heterocycles. The van der Waals surface area contributed by atoms with E-state index in [1.807, 2.05) is 13.0 Å². The maximum absolute atomic E-state index is 11.6. The van der Waals surface area contributed by atoms with Gasteiger partial charge in [0.2, 0.25) is 5.91 Å². The van der Waals surface area contributed by atoms with Gasteiger partial charge in [-0.25, -0.2) is 4.99 Å². The summed E-state index contributed by atoms with van der Waals surface area (Å²) in [6.07, 6.45) is 0.936. The van der Waals surface area contributed by atoms with Crippen LogP contribution in [0.1, 0.15) is 11.8 Å². The van der Waals surface area contributed by atoms with Crippen LogP contribution in [-0.4, -0.2) is 63.7 Å². The average molecular weight is 454 g/mol. The van der Waals surface area contributed by atoms with Crippen LogP contribution in [0, 0.1) is 0 Å². The average Bonchev–Trinajstić information content (AvgIpc) is 3.01. The van der Waals surface area contributed by atoms with Crippen molar-refractivity contribution in [2.24, 2.45) is 4.99 Å². The Morgan fingerprint density at radius 1 is 1.35 bits per heavy atom. The lowest BCUT2D eigenvalue weighted by Gasteiger charge is -2.13. The van der Waals surface area contributed by atoms with E-state index in [0.29, 0.717) is 25.7 Å². The van der Waals surface area contributed by atoms with Crippen molar-refractivity contribution in [3.63, 3.8) is 0 Å². The first-order valence-corrected chi connectivity index (χ1v) is 8.34. The van der Waals surface area contributed by atoms with Gasteiger partial charge in [-0.15, -0.1) is 35.3 Å². The van der Waals surface area contributed by atoms with Crippen molar-refractivity contribution >= 4 is 47.2 Å². The number of guanidine groups is 1. The zero-order chi connectivity index (χ0) is 16.2. The molecule has 6 nitrogen and oxygen atoms in total. The maximum Gasteiger partial charge on any atom is 0.243 e. The first-order chi connectivity index (χ1) is 10.6. The number of carbonyl (C=O) groups is 1. The summed E-state index contributed by atoms with van der Waals surface area (Å²) in [6.45, 7) is 4.84. The lowest BCUT2D eigenvalue weighted by molar-refractivity contribution is -0.127. The standard InChI is InChI=1S/C15H26N4O2S.HI/c1-4-21-10-9-17-15(18-12-14(20)19(2)3)16-8-7-13-6-5-11-22-13;/h5-6,11H,4,7-10,12H2,1-3H3,(H2,16,17,18);1H. The topological polar surface area (TPSA) is 66.0 Å². The first-order valence-electron chi connectivity index (χ1n) is 7.46. The third-order valence-corrected chi connectivity index (χ3v) is 3.79. The molecule has 132 valence electrons. The molecule has 0 fully saturated rings. The molecule has 0 aliphatic carbocycles. The summed E-state index contributed by atoms with van der Waals surface area (Å²) in [5, 5.41) is 8.49. The van der Waals surface area contributed by atoms with Gasteiger partial charge >= 0.3 is 0 Å². The lowest BCUT2D eigenvalue weighted by Crippen LogP contribution is -2.40. The number of rotatable bonds is 9. The molecule has 1 amide bonds. The summed E-state index contributed by atoms with van der Waals surface area (Å²) in [4.78, 5) is 18.8. The Kier molecular flexibility index (Phi) is 13.0. The number of nitrogens with zero attached hydrogens (tertiary/aromatic N) is 2. The molecule has 8 heteroatoms.